The number of allylic oxidation sites excluding steroid dienone is 2. The summed E-state index contributed by atoms with van der Waals surface area (Å²) in [4.78, 5) is 15.4. The predicted octanol–water partition coefficient (Wildman–Crippen LogP) is -0.156. The van der Waals surface area contributed by atoms with Crippen LogP contribution in [0.15, 0.2) is 24.6 Å². The molecule has 5 nitrogen and oxygen atoms in total. The Hall–Kier alpha value is -1.49. The van der Waals surface area contributed by atoms with Crippen molar-refractivity contribution in [2.75, 3.05) is 0 Å². The van der Waals surface area contributed by atoms with Gasteiger partial charge in [0, 0.05) is 0 Å². The van der Waals surface area contributed by atoms with E-state index in [1.807, 2.05) is 5.43 Å². The molecular weight excluding hydrogens is 134 g/mol. The average molecular weight is 141 g/mol. The summed E-state index contributed by atoms with van der Waals surface area (Å²) in [5, 5.41) is 0.972. The number of hydrogen-bond acceptors (Lipinski definition) is 3. The molecule has 0 aromatic carbocycles. The van der Waals surface area contributed by atoms with Crippen LogP contribution in [0, 0.1) is 0 Å². The number of hydrogen-bond donors (Lipinski definition) is 2. The van der Waals surface area contributed by atoms with Crippen molar-refractivity contribution in [2.45, 2.75) is 0 Å². The van der Waals surface area contributed by atoms with Crippen LogP contribution in [0.1, 0.15) is 0 Å². The molecule has 0 bridgehead atoms. The molecule has 0 fully saturated rings. The number of hydrazine groups is 1. The molecule has 0 radical (unpaired) electrons. The van der Waals surface area contributed by atoms with Gasteiger partial charge in [-0.25, -0.2) is 10.6 Å². The summed E-state index contributed by atoms with van der Waals surface area (Å²) in [7, 11) is 0. The van der Waals surface area contributed by atoms with E-state index in [-0.39, 0.29) is 0 Å². The Bertz CT molecular complexity index is 187. The highest BCUT2D eigenvalue weighted by Crippen LogP contribution is 1.99. The number of nitrogens with two attached hydrogens (primary N) is 1. The average Bonchev–Trinajstić information content (AvgIpc) is 2.05. The molecule has 0 atom stereocenters. The van der Waals surface area contributed by atoms with Crippen LogP contribution in [0.25, 0.3) is 0 Å². The molecule has 0 spiro atoms. The molecule has 5 heteroatoms. The van der Waals surface area contributed by atoms with Crippen LogP contribution in [0.4, 0.5) is 4.79 Å². The highest BCUT2D eigenvalue weighted by molar-refractivity contribution is 5.73. The minimum absolute atomic E-state index is 0.513. The van der Waals surface area contributed by atoms with Crippen molar-refractivity contribution >= 4 is 6.03 Å². The van der Waals surface area contributed by atoms with Crippen LogP contribution in [-0.2, 0) is 4.84 Å². The number of rotatable bonds is 0. The summed E-state index contributed by atoms with van der Waals surface area (Å²) in [6.45, 7) is 0. The monoisotopic (exact) mass is 141 g/mol. The fraction of sp³-hybridized carbons (Fsp3) is 0. The van der Waals surface area contributed by atoms with Gasteiger partial charge in [0.2, 0.25) is 0 Å². The van der Waals surface area contributed by atoms with Gasteiger partial charge in [-0.05, 0) is 12.2 Å². The van der Waals surface area contributed by atoms with Gasteiger partial charge in [0.1, 0.15) is 6.26 Å². The maximum atomic E-state index is 10.6. The normalized spacial score (nSPS) is 14.7. The lowest BCUT2D eigenvalue weighted by atomic mass is 10.5. The lowest BCUT2D eigenvalue weighted by molar-refractivity contribution is -0.0168. The summed E-state index contributed by atoms with van der Waals surface area (Å²) in [6, 6.07) is -0.513. The Morgan fingerprint density at radius 2 is 2.40 bits per heavy atom. The maximum Gasteiger partial charge on any atom is 0.368 e. The second-order valence-electron chi connectivity index (χ2n) is 1.55. The predicted molar refractivity (Wildman–Crippen MR) is 33.9 cm³/mol. The summed E-state index contributed by atoms with van der Waals surface area (Å²) >= 11 is 0. The van der Waals surface area contributed by atoms with Crippen molar-refractivity contribution in [1.29, 1.82) is 0 Å². The minimum Gasteiger partial charge on any atom is -0.379 e. The van der Waals surface area contributed by atoms with Gasteiger partial charge in [-0.15, -0.1) is 5.06 Å². The number of nitrogens with zero attached hydrogens (tertiary/aromatic N) is 1. The lowest BCUT2D eigenvalue weighted by Gasteiger charge is -2.16. The zero-order valence-corrected chi connectivity index (χ0v) is 5.15. The topological polar surface area (TPSA) is 67.6 Å². The second kappa shape index (κ2) is 2.88. The Labute approximate surface area is 57.7 Å². The fourth-order valence-corrected chi connectivity index (χ4v) is 0.488. The molecule has 0 aromatic heterocycles. The van der Waals surface area contributed by atoms with Crippen molar-refractivity contribution in [3.63, 3.8) is 0 Å². The number of carbonyl (C=O) groups excluding carboxylic acids is 1. The standard InChI is InChI=1S/C5H7N3O2/c6-7-5(9)8-3-1-2-4-10-8/h1-4H,6H2,(H,7,9). The molecule has 3 N–H and O–H groups in total. The fourth-order valence-electron chi connectivity index (χ4n) is 0.488. The van der Waals surface area contributed by atoms with E-state index in [1.54, 1.807) is 12.2 Å². The molecule has 1 heterocycles. The van der Waals surface area contributed by atoms with E-state index in [2.05, 4.69) is 0 Å². The van der Waals surface area contributed by atoms with Crippen LogP contribution < -0.4 is 11.3 Å². The molecule has 0 saturated heterocycles. The highest BCUT2D eigenvalue weighted by Gasteiger charge is 2.08. The molecule has 10 heavy (non-hydrogen) atoms. The SMILES string of the molecule is NNC(=O)N1C=CC=CO1. The zero-order chi connectivity index (χ0) is 7.40. The Kier molecular flexibility index (Phi) is 1.91. The molecule has 1 rings (SSSR count). The minimum atomic E-state index is -0.513. The molecule has 1 aliphatic rings. The lowest BCUT2D eigenvalue weighted by Crippen LogP contribution is -2.40. The molecule has 1 aliphatic heterocycles. The van der Waals surface area contributed by atoms with Gasteiger partial charge >= 0.3 is 6.03 Å². The quantitative estimate of drug-likeness (QED) is 0.280. The van der Waals surface area contributed by atoms with Gasteiger partial charge in [-0.3, -0.25) is 5.43 Å². The third kappa shape index (κ3) is 1.26. The summed E-state index contributed by atoms with van der Waals surface area (Å²) < 4.78 is 0. The first-order chi connectivity index (χ1) is 4.84. The molecule has 0 aromatic rings. The maximum absolute atomic E-state index is 10.6. The van der Waals surface area contributed by atoms with Crippen LogP contribution in [-0.4, -0.2) is 11.1 Å². The van der Waals surface area contributed by atoms with Crippen molar-refractivity contribution in [3.8, 4) is 0 Å². The van der Waals surface area contributed by atoms with E-state index in [4.69, 9.17) is 10.7 Å². The van der Waals surface area contributed by atoms with Crippen molar-refractivity contribution < 1.29 is 9.63 Å². The summed E-state index contributed by atoms with van der Waals surface area (Å²) in [5.41, 5.74) is 1.91. The number of nitrogens with one attached hydrogen (secondary N) is 1. The van der Waals surface area contributed by atoms with E-state index < -0.39 is 6.03 Å². The van der Waals surface area contributed by atoms with Crippen molar-refractivity contribution in [1.82, 2.24) is 10.5 Å². The van der Waals surface area contributed by atoms with Gasteiger partial charge in [0.15, 0.2) is 0 Å². The zero-order valence-electron chi connectivity index (χ0n) is 5.15. The Morgan fingerprint density at radius 3 is 2.90 bits per heavy atom. The third-order valence-electron chi connectivity index (χ3n) is 0.909. The molecule has 54 valence electrons. The van der Waals surface area contributed by atoms with Crippen molar-refractivity contribution in [2.24, 2.45) is 5.84 Å². The van der Waals surface area contributed by atoms with Gasteiger partial charge in [0.25, 0.3) is 0 Å². The van der Waals surface area contributed by atoms with E-state index >= 15 is 0 Å². The van der Waals surface area contributed by atoms with Crippen LogP contribution in [0.3, 0.4) is 0 Å². The number of urea groups is 1. The van der Waals surface area contributed by atoms with Crippen molar-refractivity contribution in [3.05, 3.63) is 24.6 Å². The molecule has 2 amide bonds. The van der Waals surface area contributed by atoms with E-state index in [1.165, 1.54) is 12.5 Å². The first-order valence-corrected chi connectivity index (χ1v) is 2.64. The van der Waals surface area contributed by atoms with Gasteiger partial charge < -0.3 is 4.84 Å². The van der Waals surface area contributed by atoms with Crippen LogP contribution in [0.2, 0.25) is 0 Å². The smallest absolute Gasteiger partial charge is 0.368 e. The summed E-state index contributed by atoms with van der Waals surface area (Å²) in [5.74, 6) is 4.82. The molecule has 0 unspecified atom stereocenters. The number of amides is 2. The van der Waals surface area contributed by atoms with Gasteiger partial charge in [-0.1, -0.05) is 0 Å². The first-order valence-electron chi connectivity index (χ1n) is 2.64. The van der Waals surface area contributed by atoms with Gasteiger partial charge in [-0.2, -0.15) is 0 Å². The van der Waals surface area contributed by atoms with E-state index in [9.17, 15) is 4.79 Å². The Morgan fingerprint density at radius 1 is 1.60 bits per heavy atom. The van der Waals surface area contributed by atoms with Crippen LogP contribution >= 0.6 is 0 Å². The third-order valence-corrected chi connectivity index (χ3v) is 0.909. The van der Waals surface area contributed by atoms with E-state index in [0.717, 1.165) is 5.06 Å². The van der Waals surface area contributed by atoms with Crippen LogP contribution in [0.5, 0.6) is 0 Å². The number of hydroxylamine groups is 2. The first kappa shape index (κ1) is 6.63. The largest absolute Gasteiger partial charge is 0.379 e. The van der Waals surface area contributed by atoms with E-state index in [0.29, 0.717) is 0 Å². The second-order valence-corrected chi connectivity index (χ2v) is 1.55. The number of carbonyl (C=O) groups is 1. The molecular formula is C5H7N3O2. The molecule has 0 saturated carbocycles. The highest BCUT2D eigenvalue weighted by atomic mass is 16.7. The summed E-state index contributed by atoms with van der Waals surface area (Å²) in [6.07, 6.45) is 6.12. The molecule has 0 aliphatic carbocycles. The Balaban J connectivity index is 2.51. The van der Waals surface area contributed by atoms with Gasteiger partial charge in [0.05, 0.1) is 6.20 Å².